The Morgan fingerprint density at radius 3 is 0.444 bits per heavy atom. The van der Waals surface area contributed by atoms with E-state index < -0.39 is 0 Å². The second-order valence-electron chi connectivity index (χ2n) is 0. The van der Waals surface area contributed by atoms with E-state index in [0.29, 0.717) is 0 Å². The third kappa shape index (κ3) is 85.7. The number of rotatable bonds is 0. The summed E-state index contributed by atoms with van der Waals surface area (Å²) in [5.41, 5.74) is 0. The summed E-state index contributed by atoms with van der Waals surface area (Å²) in [6.07, 6.45) is 0. The van der Waals surface area contributed by atoms with E-state index >= 15 is 0 Å². The van der Waals surface area contributed by atoms with Crippen LogP contribution in [0, 0.1) is 41.3 Å². The molecule has 68 valence electrons. The Balaban J connectivity index is 0. The Morgan fingerprint density at radius 1 is 0.444 bits per heavy atom. The van der Waals surface area contributed by atoms with Crippen LogP contribution in [0.3, 0.4) is 0 Å². The normalized spacial score (nSPS) is 0. The van der Waals surface area contributed by atoms with E-state index in [1.807, 2.05) is 0 Å². The first kappa shape index (κ1) is 137. The van der Waals surface area contributed by atoms with Gasteiger partial charge in [-0.2, -0.15) is 0 Å². The van der Waals surface area contributed by atoms with Crippen LogP contribution in [0.15, 0.2) is 0 Å². The molecule has 0 radical (unpaired) electrons. The van der Waals surface area contributed by atoms with E-state index in [1.165, 1.54) is 0 Å². The first-order valence-electron chi connectivity index (χ1n) is 0. The second-order valence-corrected chi connectivity index (χ2v) is 0. The van der Waals surface area contributed by atoms with Gasteiger partial charge in [-0.25, -0.2) is 0 Å². The number of hydrogen-bond donors (Lipinski definition) is 0. The van der Waals surface area contributed by atoms with Crippen LogP contribution in [0.2, 0.25) is 0 Å². The number of halogens is 6. The van der Waals surface area contributed by atoms with Crippen molar-refractivity contribution in [2.24, 2.45) is 0 Å². The predicted octanol–water partition coefficient (Wildman–Crippen LogP) is -19.4. The summed E-state index contributed by atoms with van der Waals surface area (Å²) >= 11 is 0. The summed E-state index contributed by atoms with van der Waals surface area (Å²) in [6.45, 7) is 0. The van der Waals surface area contributed by atoms with Crippen molar-refractivity contribution in [3.05, 3.63) is 0 Å². The zero-order chi connectivity index (χ0) is 0. The van der Waals surface area contributed by atoms with Crippen molar-refractivity contribution in [2.75, 3.05) is 0 Å². The van der Waals surface area contributed by atoms with Gasteiger partial charge in [0, 0.05) is 0 Å². The molecule has 0 N–H and O–H groups in total. The van der Waals surface area contributed by atoms with Gasteiger partial charge in [-0.05, 0) is 11.0 Å². The molecule has 0 rings (SSSR count). The fourth-order valence-electron chi connectivity index (χ4n) is 0. The summed E-state index contributed by atoms with van der Waals surface area (Å²) in [6, 6.07) is 0. The van der Waals surface area contributed by atoms with Crippen molar-refractivity contribution in [1.82, 2.24) is 0 Å². The first-order chi connectivity index (χ1) is 0. The maximum Gasteiger partial charge on any atom is 3.00 e. The summed E-state index contributed by atoms with van der Waals surface area (Å²) in [4.78, 5) is 0. The molecule has 0 spiro atoms. The molecule has 0 saturated carbocycles. The molecule has 0 aromatic carbocycles. The molecule has 0 nitrogen and oxygen atoms in total. The minimum absolute atomic E-state index is 0. The van der Waals surface area contributed by atoms with Gasteiger partial charge in [-0.1, -0.05) is 0 Å². The van der Waals surface area contributed by atoms with Crippen LogP contribution in [-0.2, 0) is 0 Å². The zero-order valence-corrected chi connectivity index (χ0v) is 18.5. The van der Waals surface area contributed by atoms with Gasteiger partial charge in [0.05, 0.1) is 0 Å². The molecule has 0 heterocycles. The van der Waals surface area contributed by atoms with Crippen molar-refractivity contribution in [1.29, 1.82) is 0 Å². The quantitative estimate of drug-likeness (QED) is 0.212. The molecular formula is H4Br6LrPrSi. The Kier molecular flexibility index (Phi) is 1590. The van der Waals surface area contributed by atoms with Gasteiger partial charge in [-0.3, -0.25) is 0 Å². The van der Waals surface area contributed by atoms with Crippen LogP contribution in [-0.4, -0.2) is 11.0 Å². The fraction of sp³-hybridized carbons (Fsp3) is 0. The van der Waals surface area contributed by atoms with Crippen molar-refractivity contribution in [2.45, 2.75) is 0 Å². The molecule has 0 aromatic heterocycles. The van der Waals surface area contributed by atoms with Gasteiger partial charge in [0.15, 0.2) is 0 Å². The predicted molar refractivity (Wildman–Crippen MR) is 11.3 cm³/mol. The Morgan fingerprint density at radius 2 is 0.444 bits per heavy atom. The van der Waals surface area contributed by atoms with E-state index in [9.17, 15) is 0 Å². The van der Waals surface area contributed by atoms with Crippen LogP contribution < -0.4 is 102 Å². The van der Waals surface area contributed by atoms with Crippen molar-refractivity contribution in [3.8, 4) is 0 Å². The molecule has 0 aliphatic rings. The zero-order valence-electron chi connectivity index (χ0n) is 3.10. The van der Waals surface area contributed by atoms with Crippen LogP contribution in [0.5, 0.6) is 0 Å². The van der Waals surface area contributed by atoms with E-state index in [1.54, 1.807) is 0 Å². The first-order valence-corrected chi connectivity index (χ1v) is 0. The van der Waals surface area contributed by atoms with Crippen LogP contribution >= 0.6 is 0 Å². The monoisotopic (exact) mass is 909 g/mol. The SMILES string of the molecule is [Br-].[Br-].[Br-].[Br-].[Br-].[Br-].[Lr+3].[Pr+3].[SiH4]. The summed E-state index contributed by atoms with van der Waals surface area (Å²) in [7, 11) is 0. The molecule has 0 saturated heterocycles. The fourth-order valence-corrected chi connectivity index (χ4v) is 0. The van der Waals surface area contributed by atoms with Gasteiger partial charge in [0.1, 0.15) is 0 Å². The maximum atomic E-state index is 0. The molecule has 0 bridgehead atoms. The van der Waals surface area contributed by atoms with Crippen LogP contribution in [0.4, 0.5) is 0 Å². The van der Waals surface area contributed by atoms with Crippen molar-refractivity contribution < 1.29 is 143 Å². The van der Waals surface area contributed by atoms with Gasteiger partial charge >= 0.3 is 41.3 Å². The average molecular weight is 914 g/mol. The molecule has 0 unspecified atom stereocenters. The molecule has 0 aliphatic heterocycles. The number of hydrogen-bond acceptors (Lipinski definition) is 0. The Bertz CT molecular complexity index is 13.0. The molecule has 9 heavy (non-hydrogen) atoms. The Hall–Kier alpha value is 3.46. The molecule has 0 aromatic rings. The summed E-state index contributed by atoms with van der Waals surface area (Å²) in [5, 5.41) is 0. The van der Waals surface area contributed by atoms with E-state index in [0.717, 1.165) is 0 Å². The molecule has 0 aliphatic carbocycles. The smallest absolute Gasteiger partial charge is 1.00 e. The van der Waals surface area contributed by atoms with Gasteiger partial charge in [0.25, 0.3) is 0 Å². The third-order valence-corrected chi connectivity index (χ3v) is 0. The van der Waals surface area contributed by atoms with Crippen molar-refractivity contribution >= 4 is 11.0 Å². The average Bonchev–Trinajstić information content (AvgIpc) is 0. The van der Waals surface area contributed by atoms with Crippen LogP contribution in [0.1, 0.15) is 0 Å². The molecule has 0 atom stereocenters. The summed E-state index contributed by atoms with van der Waals surface area (Å²) in [5.74, 6) is 0. The topological polar surface area (TPSA) is 0 Å². The molecule has 9 heteroatoms. The third-order valence-electron chi connectivity index (χ3n) is 0. The minimum atomic E-state index is 0. The summed E-state index contributed by atoms with van der Waals surface area (Å²) < 4.78 is 0. The van der Waals surface area contributed by atoms with Gasteiger partial charge in [0.2, 0.25) is 0 Å². The molecular weight excluding hydrogens is 910 g/mol. The molecule has 0 fully saturated rings. The van der Waals surface area contributed by atoms with E-state index in [-0.39, 0.29) is 154 Å². The van der Waals surface area contributed by atoms with E-state index in [4.69, 9.17) is 0 Å². The second kappa shape index (κ2) is 105. The Labute approximate surface area is 151 Å². The van der Waals surface area contributed by atoms with E-state index in [2.05, 4.69) is 0 Å². The van der Waals surface area contributed by atoms with Crippen LogP contribution in [0.25, 0.3) is 0 Å². The maximum absolute atomic E-state index is 0. The van der Waals surface area contributed by atoms with Crippen molar-refractivity contribution in [3.63, 3.8) is 0 Å². The molecule has 0 amide bonds. The minimum Gasteiger partial charge on any atom is -1.00 e. The van der Waals surface area contributed by atoms with Gasteiger partial charge in [-0.15, -0.1) is 0 Å². The largest absolute Gasteiger partial charge is 3.00 e. The standard InChI is InChI=1S/6BrH.Lr.Pr.H4Si/h6*1H;;;1H4/q;;;;;;2*+3;/p-6. The van der Waals surface area contributed by atoms with Gasteiger partial charge < -0.3 is 102 Å².